The van der Waals surface area contributed by atoms with Crippen molar-refractivity contribution in [2.24, 2.45) is 0 Å². The lowest BCUT2D eigenvalue weighted by Crippen LogP contribution is -2.32. The van der Waals surface area contributed by atoms with Gasteiger partial charge in [0.15, 0.2) is 0 Å². The van der Waals surface area contributed by atoms with E-state index in [0.29, 0.717) is 36.4 Å². The summed E-state index contributed by atoms with van der Waals surface area (Å²) >= 11 is 0. The Hall–Kier alpha value is -3.97. The second-order valence-electron chi connectivity index (χ2n) is 9.46. The number of ketones is 1. The molecule has 0 unspecified atom stereocenters. The van der Waals surface area contributed by atoms with Gasteiger partial charge in [0.05, 0.1) is 11.6 Å². The molecule has 37 heavy (non-hydrogen) atoms. The summed E-state index contributed by atoms with van der Waals surface area (Å²) in [7, 11) is 3.86. The highest BCUT2D eigenvalue weighted by Crippen LogP contribution is 2.40. The zero-order valence-electron chi connectivity index (χ0n) is 21.3. The van der Waals surface area contributed by atoms with Crippen molar-refractivity contribution in [2.75, 3.05) is 27.2 Å². The number of aryl methyl sites for hydroxylation is 1. The fraction of sp³-hybridized carbons (Fsp3) is 0.267. The highest BCUT2D eigenvalue weighted by atomic mass is 19.1. The molecule has 1 heterocycles. The molecule has 0 saturated carbocycles. The Morgan fingerprint density at radius 3 is 2.38 bits per heavy atom. The molecule has 0 aliphatic carbocycles. The Bertz CT molecular complexity index is 1300. The van der Waals surface area contributed by atoms with Crippen LogP contribution < -0.4 is 4.74 Å². The van der Waals surface area contributed by atoms with Crippen LogP contribution in [0.1, 0.15) is 34.7 Å². The van der Waals surface area contributed by atoms with Crippen LogP contribution in [0.3, 0.4) is 0 Å². The van der Waals surface area contributed by atoms with Gasteiger partial charge in [0.25, 0.3) is 11.7 Å². The molecule has 1 aliphatic heterocycles. The van der Waals surface area contributed by atoms with Crippen LogP contribution in [0, 0.1) is 12.7 Å². The molecule has 3 aromatic carbocycles. The fourth-order valence-electron chi connectivity index (χ4n) is 4.51. The number of amides is 1. The number of aliphatic hydroxyl groups excluding tert-OH is 1. The Labute approximate surface area is 216 Å². The smallest absolute Gasteiger partial charge is 0.295 e. The molecule has 7 heteroatoms. The first-order valence-corrected chi connectivity index (χ1v) is 12.2. The molecule has 0 aromatic heterocycles. The predicted molar refractivity (Wildman–Crippen MR) is 141 cm³/mol. The summed E-state index contributed by atoms with van der Waals surface area (Å²) in [5.41, 5.74) is 2.77. The van der Waals surface area contributed by atoms with E-state index in [0.717, 1.165) is 17.7 Å². The van der Waals surface area contributed by atoms with Gasteiger partial charge in [-0.2, -0.15) is 0 Å². The van der Waals surface area contributed by atoms with E-state index >= 15 is 0 Å². The van der Waals surface area contributed by atoms with Crippen LogP contribution in [0.2, 0.25) is 0 Å². The van der Waals surface area contributed by atoms with Crippen molar-refractivity contribution in [1.29, 1.82) is 0 Å². The van der Waals surface area contributed by atoms with Crippen LogP contribution in [0.4, 0.5) is 4.39 Å². The highest BCUT2D eigenvalue weighted by Gasteiger charge is 2.45. The number of aliphatic hydroxyl groups is 1. The average molecular weight is 503 g/mol. The molecule has 0 spiro atoms. The lowest BCUT2D eigenvalue weighted by molar-refractivity contribution is -0.139. The monoisotopic (exact) mass is 502 g/mol. The molecule has 1 saturated heterocycles. The molecule has 1 fully saturated rings. The first-order valence-electron chi connectivity index (χ1n) is 12.2. The number of Topliss-reactive ketones (excluding diaryl/α,β-unsaturated/α-hetero) is 1. The summed E-state index contributed by atoms with van der Waals surface area (Å²) in [5, 5.41) is 11.3. The predicted octanol–water partition coefficient (Wildman–Crippen LogP) is 5.09. The van der Waals surface area contributed by atoms with Crippen LogP contribution in [0.15, 0.2) is 78.4 Å². The van der Waals surface area contributed by atoms with Crippen molar-refractivity contribution in [3.05, 3.63) is 106 Å². The number of ether oxygens (including phenoxy) is 1. The molecule has 1 amide bonds. The summed E-state index contributed by atoms with van der Waals surface area (Å²) in [6, 6.07) is 19.8. The SMILES string of the molecule is Cc1cc(C(O)=C2C(=O)C(=O)N(CCCN(C)C)[C@H]2c2ccc(F)cc2)ccc1OCc1ccccc1. The summed E-state index contributed by atoms with van der Waals surface area (Å²) < 4.78 is 19.6. The minimum absolute atomic E-state index is 0.00110. The summed E-state index contributed by atoms with van der Waals surface area (Å²) in [6.07, 6.45) is 0.643. The lowest BCUT2D eigenvalue weighted by atomic mass is 9.94. The van der Waals surface area contributed by atoms with Crippen LogP contribution >= 0.6 is 0 Å². The maximum absolute atomic E-state index is 13.7. The molecule has 192 valence electrons. The number of rotatable bonds is 9. The Balaban J connectivity index is 1.67. The van der Waals surface area contributed by atoms with Crippen molar-refractivity contribution < 1.29 is 23.8 Å². The average Bonchev–Trinajstić information content (AvgIpc) is 3.13. The van der Waals surface area contributed by atoms with Crippen LogP contribution in [0.5, 0.6) is 5.75 Å². The number of halogens is 1. The second-order valence-corrected chi connectivity index (χ2v) is 9.46. The van der Waals surface area contributed by atoms with E-state index in [1.807, 2.05) is 56.3 Å². The van der Waals surface area contributed by atoms with E-state index in [2.05, 4.69) is 0 Å². The number of carbonyl (C=O) groups excluding carboxylic acids is 2. The van der Waals surface area contributed by atoms with Crippen molar-refractivity contribution in [1.82, 2.24) is 9.80 Å². The molecule has 0 bridgehead atoms. The third-order valence-electron chi connectivity index (χ3n) is 6.42. The summed E-state index contributed by atoms with van der Waals surface area (Å²) in [4.78, 5) is 29.7. The minimum atomic E-state index is -0.808. The Kier molecular flexibility index (Phi) is 8.04. The molecule has 1 aliphatic rings. The van der Waals surface area contributed by atoms with Crippen LogP contribution in [0.25, 0.3) is 5.76 Å². The van der Waals surface area contributed by atoms with Crippen molar-refractivity contribution in [3.63, 3.8) is 0 Å². The largest absolute Gasteiger partial charge is 0.507 e. The van der Waals surface area contributed by atoms with Gasteiger partial charge in [0, 0.05) is 12.1 Å². The van der Waals surface area contributed by atoms with Gasteiger partial charge in [-0.25, -0.2) is 4.39 Å². The van der Waals surface area contributed by atoms with E-state index in [4.69, 9.17) is 4.74 Å². The van der Waals surface area contributed by atoms with E-state index in [1.54, 1.807) is 30.3 Å². The summed E-state index contributed by atoms with van der Waals surface area (Å²) in [6.45, 7) is 3.31. The first kappa shape index (κ1) is 26.1. The topological polar surface area (TPSA) is 70.1 Å². The van der Waals surface area contributed by atoms with Crippen molar-refractivity contribution >= 4 is 17.4 Å². The standard InChI is InChI=1S/C30H31FN2O4/c1-20-18-23(12-15-25(20)37-19-21-8-5-4-6-9-21)28(34)26-27(22-10-13-24(31)14-11-22)33(30(36)29(26)35)17-7-16-32(2)3/h4-6,8-15,18,27,34H,7,16-17,19H2,1-3H3/t27-/m0/s1. The fourth-order valence-corrected chi connectivity index (χ4v) is 4.51. The van der Waals surface area contributed by atoms with Gasteiger partial charge < -0.3 is 19.6 Å². The van der Waals surface area contributed by atoms with Gasteiger partial charge in [-0.15, -0.1) is 0 Å². The molecule has 6 nitrogen and oxygen atoms in total. The van der Waals surface area contributed by atoms with E-state index in [1.165, 1.54) is 17.0 Å². The number of hydrogen-bond acceptors (Lipinski definition) is 5. The van der Waals surface area contributed by atoms with Gasteiger partial charge >= 0.3 is 0 Å². The third kappa shape index (κ3) is 5.89. The lowest BCUT2D eigenvalue weighted by Gasteiger charge is -2.26. The van der Waals surface area contributed by atoms with E-state index < -0.39 is 23.5 Å². The van der Waals surface area contributed by atoms with E-state index in [-0.39, 0.29) is 11.3 Å². The number of carbonyl (C=O) groups is 2. The van der Waals surface area contributed by atoms with Crippen molar-refractivity contribution in [2.45, 2.75) is 26.0 Å². The zero-order valence-corrected chi connectivity index (χ0v) is 21.3. The highest BCUT2D eigenvalue weighted by molar-refractivity contribution is 6.46. The summed E-state index contributed by atoms with van der Waals surface area (Å²) in [5.74, 6) is -1.46. The minimum Gasteiger partial charge on any atom is -0.507 e. The van der Waals surface area contributed by atoms with Gasteiger partial charge in [-0.05, 0) is 81.0 Å². The van der Waals surface area contributed by atoms with Gasteiger partial charge in [-0.1, -0.05) is 42.5 Å². The Morgan fingerprint density at radius 2 is 1.73 bits per heavy atom. The van der Waals surface area contributed by atoms with Crippen LogP contribution in [-0.4, -0.2) is 53.8 Å². The molecule has 1 atom stereocenters. The normalized spacial score (nSPS) is 17.0. The maximum Gasteiger partial charge on any atom is 0.295 e. The number of nitrogens with zero attached hydrogens (tertiary/aromatic N) is 2. The number of hydrogen-bond donors (Lipinski definition) is 1. The Morgan fingerprint density at radius 1 is 1.03 bits per heavy atom. The zero-order chi connectivity index (χ0) is 26.5. The third-order valence-corrected chi connectivity index (χ3v) is 6.42. The van der Waals surface area contributed by atoms with Gasteiger partial charge in [0.2, 0.25) is 0 Å². The molecule has 3 aromatic rings. The van der Waals surface area contributed by atoms with Crippen molar-refractivity contribution in [3.8, 4) is 5.75 Å². The molecular weight excluding hydrogens is 471 g/mol. The van der Waals surface area contributed by atoms with Gasteiger partial charge in [0.1, 0.15) is 23.9 Å². The molecule has 4 rings (SSSR count). The quantitative estimate of drug-likeness (QED) is 0.251. The molecular formula is C30H31FN2O4. The second kappa shape index (κ2) is 11.4. The van der Waals surface area contributed by atoms with E-state index in [9.17, 15) is 19.1 Å². The number of benzene rings is 3. The maximum atomic E-state index is 13.7. The number of likely N-dealkylation sites (tertiary alicyclic amines) is 1. The van der Waals surface area contributed by atoms with Crippen LogP contribution in [-0.2, 0) is 16.2 Å². The molecule has 1 N–H and O–H groups in total. The first-order chi connectivity index (χ1) is 17.8. The molecule has 0 radical (unpaired) electrons. The van der Waals surface area contributed by atoms with Gasteiger partial charge in [-0.3, -0.25) is 9.59 Å².